The Morgan fingerprint density at radius 1 is 1.20 bits per heavy atom. The van der Waals surface area contributed by atoms with Gasteiger partial charge in [0.05, 0.1) is 11.7 Å². The molecule has 20 heavy (non-hydrogen) atoms. The van der Waals surface area contributed by atoms with Crippen LogP contribution in [0.1, 0.15) is 27.4 Å². The summed E-state index contributed by atoms with van der Waals surface area (Å²) in [5, 5.41) is 9.28. The predicted molar refractivity (Wildman–Crippen MR) is 76.1 cm³/mol. The first-order valence-corrected chi connectivity index (χ1v) is 6.39. The fraction of sp³-hybridized carbons (Fsp3) is 0.125. The molecule has 100 valence electrons. The minimum Gasteiger partial charge on any atom is -0.477 e. The number of rotatable bonds is 3. The number of hydrogen-bond donors (Lipinski definition) is 1. The first kappa shape index (κ1) is 12.4. The smallest absolute Gasteiger partial charge is 0.352 e. The molecule has 2 heterocycles. The Labute approximate surface area is 116 Å². The van der Waals surface area contributed by atoms with Gasteiger partial charge in [0.2, 0.25) is 0 Å². The van der Waals surface area contributed by atoms with Crippen molar-refractivity contribution in [2.45, 2.75) is 13.3 Å². The lowest BCUT2D eigenvalue weighted by Crippen LogP contribution is -2.08. The summed E-state index contributed by atoms with van der Waals surface area (Å²) in [6.07, 6.45) is 2.31. The minimum atomic E-state index is -0.946. The highest BCUT2D eigenvalue weighted by atomic mass is 16.4. The minimum absolute atomic E-state index is 0.238. The van der Waals surface area contributed by atoms with Gasteiger partial charge in [-0.2, -0.15) is 0 Å². The van der Waals surface area contributed by atoms with Gasteiger partial charge < -0.3 is 5.11 Å². The van der Waals surface area contributed by atoms with Gasteiger partial charge in [-0.05, 0) is 24.6 Å². The Balaban J connectivity index is 2.07. The highest BCUT2D eigenvalue weighted by molar-refractivity contribution is 5.86. The quantitative estimate of drug-likeness (QED) is 0.793. The standard InChI is InChI=1S/C16H14N2O2/c1-11-5-7-12(8-6-11)9-15-17-10-13-3-2-4-14(16(19)20)18(13)15/h2-8,10H,9H2,1H3,(H,19,20). The molecule has 4 nitrogen and oxygen atoms in total. The molecule has 0 saturated carbocycles. The Bertz CT molecular complexity index is 773. The average molecular weight is 266 g/mol. The first-order chi connectivity index (χ1) is 9.65. The van der Waals surface area contributed by atoms with Crippen LogP contribution in [0.3, 0.4) is 0 Å². The molecule has 0 atom stereocenters. The van der Waals surface area contributed by atoms with Crippen molar-refractivity contribution in [3.63, 3.8) is 0 Å². The van der Waals surface area contributed by atoms with Crippen molar-refractivity contribution in [2.75, 3.05) is 0 Å². The van der Waals surface area contributed by atoms with Crippen molar-refractivity contribution in [3.8, 4) is 0 Å². The summed E-state index contributed by atoms with van der Waals surface area (Å²) in [5.41, 5.74) is 3.35. The number of carboxylic acids is 1. The molecule has 0 aliphatic carbocycles. The number of carbonyl (C=O) groups is 1. The van der Waals surface area contributed by atoms with Crippen molar-refractivity contribution in [1.82, 2.24) is 9.38 Å². The fourth-order valence-corrected chi connectivity index (χ4v) is 2.29. The maximum absolute atomic E-state index is 11.3. The van der Waals surface area contributed by atoms with E-state index in [2.05, 4.69) is 4.98 Å². The molecule has 3 aromatic rings. The third-order valence-corrected chi connectivity index (χ3v) is 3.33. The monoisotopic (exact) mass is 266 g/mol. The van der Waals surface area contributed by atoms with E-state index < -0.39 is 5.97 Å². The molecular weight excluding hydrogens is 252 g/mol. The largest absolute Gasteiger partial charge is 0.477 e. The van der Waals surface area contributed by atoms with E-state index in [0.717, 1.165) is 16.9 Å². The molecule has 0 aliphatic rings. The van der Waals surface area contributed by atoms with E-state index in [9.17, 15) is 9.90 Å². The second-order valence-corrected chi connectivity index (χ2v) is 4.81. The zero-order chi connectivity index (χ0) is 14.1. The fourth-order valence-electron chi connectivity index (χ4n) is 2.29. The summed E-state index contributed by atoms with van der Waals surface area (Å²) in [6, 6.07) is 13.4. The van der Waals surface area contributed by atoms with Crippen LogP contribution in [0.4, 0.5) is 0 Å². The van der Waals surface area contributed by atoms with Crippen LogP contribution in [0.25, 0.3) is 5.52 Å². The van der Waals surface area contributed by atoms with Crippen molar-refractivity contribution >= 4 is 11.5 Å². The zero-order valence-electron chi connectivity index (χ0n) is 11.1. The van der Waals surface area contributed by atoms with Gasteiger partial charge in [0.25, 0.3) is 0 Å². The molecule has 0 amide bonds. The number of aromatic carboxylic acids is 1. The number of fused-ring (bicyclic) bond motifs is 1. The highest BCUT2D eigenvalue weighted by Gasteiger charge is 2.12. The summed E-state index contributed by atoms with van der Waals surface area (Å²) in [5.74, 6) is -0.208. The molecule has 1 aromatic carbocycles. The molecule has 0 saturated heterocycles. The Hall–Kier alpha value is -2.62. The van der Waals surface area contributed by atoms with Crippen LogP contribution >= 0.6 is 0 Å². The summed E-state index contributed by atoms with van der Waals surface area (Å²) in [4.78, 5) is 15.7. The molecule has 0 fully saturated rings. The molecule has 0 bridgehead atoms. The van der Waals surface area contributed by atoms with E-state index in [1.807, 2.05) is 37.3 Å². The van der Waals surface area contributed by atoms with Crippen molar-refractivity contribution < 1.29 is 9.90 Å². The number of hydrogen-bond acceptors (Lipinski definition) is 2. The van der Waals surface area contributed by atoms with Crippen LogP contribution in [0, 0.1) is 6.92 Å². The number of aromatic nitrogens is 2. The molecular formula is C16H14N2O2. The average Bonchev–Trinajstić information content (AvgIpc) is 2.84. The Morgan fingerprint density at radius 3 is 2.65 bits per heavy atom. The van der Waals surface area contributed by atoms with Crippen molar-refractivity contribution in [1.29, 1.82) is 0 Å². The molecule has 0 spiro atoms. The summed E-state index contributed by atoms with van der Waals surface area (Å²) >= 11 is 0. The molecule has 4 heteroatoms. The number of imidazole rings is 1. The van der Waals surface area contributed by atoms with Gasteiger partial charge in [-0.3, -0.25) is 4.40 Å². The van der Waals surface area contributed by atoms with Gasteiger partial charge in [-0.25, -0.2) is 9.78 Å². The maximum atomic E-state index is 11.3. The number of aryl methyl sites for hydroxylation is 1. The van der Waals surface area contributed by atoms with Gasteiger partial charge >= 0.3 is 5.97 Å². The van der Waals surface area contributed by atoms with Gasteiger partial charge in [0.1, 0.15) is 11.5 Å². The van der Waals surface area contributed by atoms with Gasteiger partial charge in [0.15, 0.2) is 0 Å². The summed E-state index contributed by atoms with van der Waals surface area (Å²) in [6.45, 7) is 2.04. The van der Waals surface area contributed by atoms with Crippen LogP contribution in [0.15, 0.2) is 48.7 Å². The molecule has 1 N–H and O–H groups in total. The van der Waals surface area contributed by atoms with Crippen LogP contribution in [0.5, 0.6) is 0 Å². The molecule has 2 aromatic heterocycles. The van der Waals surface area contributed by atoms with Gasteiger partial charge in [-0.15, -0.1) is 0 Å². The normalized spacial score (nSPS) is 10.8. The van der Waals surface area contributed by atoms with E-state index in [1.165, 1.54) is 5.56 Å². The van der Waals surface area contributed by atoms with Gasteiger partial charge in [0, 0.05) is 6.42 Å². The summed E-state index contributed by atoms with van der Waals surface area (Å²) in [7, 11) is 0. The van der Waals surface area contributed by atoms with E-state index in [0.29, 0.717) is 6.42 Å². The predicted octanol–water partition coefficient (Wildman–Crippen LogP) is 2.93. The second kappa shape index (κ2) is 4.81. The van der Waals surface area contributed by atoms with E-state index >= 15 is 0 Å². The Kier molecular flexibility index (Phi) is 2.99. The van der Waals surface area contributed by atoms with Crippen molar-refractivity contribution in [2.24, 2.45) is 0 Å². The third kappa shape index (κ3) is 2.16. The van der Waals surface area contributed by atoms with E-state index in [4.69, 9.17) is 0 Å². The lowest BCUT2D eigenvalue weighted by atomic mass is 10.1. The van der Waals surface area contributed by atoms with Crippen LogP contribution in [0.2, 0.25) is 0 Å². The summed E-state index contributed by atoms with van der Waals surface area (Å²) < 4.78 is 1.70. The molecule has 3 rings (SSSR count). The number of nitrogens with zero attached hydrogens (tertiary/aromatic N) is 2. The first-order valence-electron chi connectivity index (χ1n) is 6.39. The zero-order valence-corrected chi connectivity index (χ0v) is 11.1. The number of pyridine rings is 1. The van der Waals surface area contributed by atoms with Crippen molar-refractivity contribution in [3.05, 3.63) is 71.3 Å². The van der Waals surface area contributed by atoms with E-state index in [1.54, 1.807) is 22.7 Å². The molecule has 0 radical (unpaired) electrons. The Morgan fingerprint density at radius 2 is 1.95 bits per heavy atom. The molecule has 0 aliphatic heterocycles. The maximum Gasteiger partial charge on any atom is 0.352 e. The number of benzene rings is 1. The third-order valence-electron chi connectivity index (χ3n) is 3.33. The second-order valence-electron chi connectivity index (χ2n) is 4.81. The van der Waals surface area contributed by atoms with Crippen LogP contribution < -0.4 is 0 Å². The van der Waals surface area contributed by atoms with E-state index in [-0.39, 0.29) is 5.69 Å². The van der Waals surface area contributed by atoms with Crippen LogP contribution in [-0.2, 0) is 6.42 Å². The topological polar surface area (TPSA) is 54.6 Å². The highest BCUT2D eigenvalue weighted by Crippen LogP contribution is 2.15. The van der Waals surface area contributed by atoms with Gasteiger partial charge in [-0.1, -0.05) is 35.9 Å². The lowest BCUT2D eigenvalue weighted by Gasteiger charge is -2.06. The molecule has 0 unspecified atom stereocenters. The SMILES string of the molecule is Cc1ccc(Cc2ncc3cccc(C(=O)O)n23)cc1. The van der Waals surface area contributed by atoms with Crippen LogP contribution in [-0.4, -0.2) is 20.5 Å². The lowest BCUT2D eigenvalue weighted by molar-refractivity contribution is 0.0688. The number of carboxylic acid groups (broad SMARTS) is 1.